The van der Waals surface area contributed by atoms with Crippen molar-refractivity contribution in [3.8, 4) is 0 Å². The monoisotopic (exact) mass is 510 g/mol. The summed E-state index contributed by atoms with van der Waals surface area (Å²) < 4.78 is 41.5. The number of hydrogen-bond acceptors (Lipinski definition) is 6. The van der Waals surface area contributed by atoms with Gasteiger partial charge in [0.1, 0.15) is 5.82 Å². The minimum absolute atomic E-state index is 0.0522. The zero-order chi connectivity index (χ0) is 24.4. The summed E-state index contributed by atoms with van der Waals surface area (Å²) in [5, 5.41) is 0.612. The van der Waals surface area contributed by atoms with E-state index < -0.39 is 15.8 Å². The Hall–Kier alpha value is -3.21. The first-order chi connectivity index (χ1) is 16.9. The number of piperidine rings is 1. The summed E-state index contributed by atoms with van der Waals surface area (Å²) >= 11 is 1.46. The van der Waals surface area contributed by atoms with Crippen molar-refractivity contribution in [1.82, 2.24) is 14.3 Å². The van der Waals surface area contributed by atoms with Gasteiger partial charge in [-0.25, -0.2) is 17.8 Å². The molecule has 0 radical (unpaired) electrons. The number of sulfonamides is 1. The predicted octanol–water partition coefficient (Wildman–Crippen LogP) is 4.46. The molecule has 4 aromatic rings. The van der Waals surface area contributed by atoms with Gasteiger partial charge in [-0.1, -0.05) is 29.5 Å². The maximum absolute atomic E-state index is 13.7. The second kappa shape index (κ2) is 9.80. The van der Waals surface area contributed by atoms with Crippen molar-refractivity contribution in [2.45, 2.75) is 24.3 Å². The van der Waals surface area contributed by atoms with E-state index in [1.807, 2.05) is 36.4 Å². The highest BCUT2D eigenvalue weighted by Crippen LogP contribution is 2.33. The lowest BCUT2D eigenvalue weighted by atomic mass is 9.96. The van der Waals surface area contributed by atoms with Gasteiger partial charge in [-0.15, -0.1) is 0 Å². The fourth-order valence-corrected chi connectivity index (χ4v) is 6.65. The third-order valence-corrected chi connectivity index (χ3v) is 9.07. The van der Waals surface area contributed by atoms with Crippen LogP contribution < -0.4 is 4.90 Å². The molecule has 180 valence electrons. The van der Waals surface area contributed by atoms with Crippen LogP contribution >= 0.6 is 11.3 Å². The van der Waals surface area contributed by atoms with Crippen LogP contribution in [0.2, 0.25) is 0 Å². The van der Waals surface area contributed by atoms with Gasteiger partial charge >= 0.3 is 0 Å². The standard InChI is InChI=1S/C25H23FN4O3S2/c26-20-7-9-21(10-8-20)35(32,33)29-14-11-19(12-15-29)24(31)30(17-18-4-3-13-27-16-18)25-28-22-5-1-2-6-23(22)34-25/h1-10,13,16,19H,11-12,14-15,17H2. The minimum Gasteiger partial charge on any atom is -0.283 e. The van der Waals surface area contributed by atoms with Crippen molar-refractivity contribution in [3.63, 3.8) is 0 Å². The molecule has 0 aliphatic carbocycles. The van der Waals surface area contributed by atoms with Crippen molar-refractivity contribution < 1.29 is 17.6 Å². The van der Waals surface area contributed by atoms with Crippen LogP contribution in [0.4, 0.5) is 9.52 Å². The molecule has 1 saturated heterocycles. The number of rotatable bonds is 6. The zero-order valence-electron chi connectivity index (χ0n) is 18.7. The second-order valence-electron chi connectivity index (χ2n) is 8.38. The topological polar surface area (TPSA) is 83.5 Å². The molecule has 7 nitrogen and oxygen atoms in total. The highest BCUT2D eigenvalue weighted by Gasteiger charge is 2.35. The quantitative estimate of drug-likeness (QED) is 0.382. The molecule has 1 aliphatic heterocycles. The van der Waals surface area contributed by atoms with Crippen LogP contribution in [-0.4, -0.2) is 41.7 Å². The molecular weight excluding hydrogens is 487 g/mol. The molecule has 1 fully saturated rings. The van der Waals surface area contributed by atoms with E-state index in [1.165, 1.54) is 27.8 Å². The van der Waals surface area contributed by atoms with E-state index in [0.717, 1.165) is 27.9 Å². The lowest BCUT2D eigenvalue weighted by molar-refractivity contribution is -0.123. The number of hydrogen-bond donors (Lipinski definition) is 0. The first kappa shape index (κ1) is 23.5. The van der Waals surface area contributed by atoms with E-state index in [4.69, 9.17) is 4.98 Å². The molecule has 5 rings (SSSR count). The van der Waals surface area contributed by atoms with Gasteiger partial charge in [-0.05, 0) is 60.9 Å². The number of carbonyl (C=O) groups excluding carboxylic acids is 1. The third kappa shape index (κ3) is 4.95. The summed E-state index contributed by atoms with van der Waals surface area (Å²) in [4.78, 5) is 24.3. The fourth-order valence-electron chi connectivity index (χ4n) is 4.21. The molecule has 2 aromatic carbocycles. The van der Waals surface area contributed by atoms with Crippen molar-refractivity contribution >= 4 is 42.6 Å². The molecule has 1 aliphatic rings. The van der Waals surface area contributed by atoms with E-state index in [0.29, 0.717) is 24.5 Å². The average molecular weight is 511 g/mol. The molecule has 10 heteroatoms. The van der Waals surface area contributed by atoms with Crippen LogP contribution in [0.25, 0.3) is 10.2 Å². The number of aromatic nitrogens is 2. The van der Waals surface area contributed by atoms with E-state index in [9.17, 15) is 17.6 Å². The van der Waals surface area contributed by atoms with Crippen LogP contribution in [0.15, 0.2) is 78.0 Å². The summed E-state index contributed by atoms with van der Waals surface area (Å²) in [5.74, 6) is -0.901. The van der Waals surface area contributed by atoms with Gasteiger partial charge in [-0.3, -0.25) is 14.7 Å². The Labute approximate surface area is 206 Å². The number of benzene rings is 2. The van der Waals surface area contributed by atoms with E-state index in [1.54, 1.807) is 17.3 Å². The van der Waals surface area contributed by atoms with Crippen LogP contribution in [0.1, 0.15) is 18.4 Å². The third-order valence-electron chi connectivity index (χ3n) is 6.10. The largest absolute Gasteiger partial charge is 0.283 e. The van der Waals surface area contributed by atoms with Crippen LogP contribution in [0.5, 0.6) is 0 Å². The lowest BCUT2D eigenvalue weighted by Gasteiger charge is -2.33. The Balaban J connectivity index is 1.35. The van der Waals surface area contributed by atoms with E-state index >= 15 is 0 Å². The molecule has 0 spiro atoms. The van der Waals surface area contributed by atoms with Crippen LogP contribution in [-0.2, 0) is 21.4 Å². The number of pyridine rings is 1. The number of amides is 1. The normalized spacial score (nSPS) is 15.3. The Bertz CT molecular complexity index is 1400. The Morgan fingerprint density at radius 2 is 1.80 bits per heavy atom. The second-order valence-corrected chi connectivity index (χ2v) is 11.3. The summed E-state index contributed by atoms with van der Waals surface area (Å²) in [7, 11) is -3.74. The van der Waals surface area contributed by atoms with Gasteiger partial charge in [0.2, 0.25) is 15.9 Å². The first-order valence-corrected chi connectivity index (χ1v) is 13.5. The molecule has 35 heavy (non-hydrogen) atoms. The van der Waals surface area contributed by atoms with Crippen molar-refractivity contribution in [3.05, 3.63) is 84.4 Å². The van der Waals surface area contributed by atoms with Crippen molar-refractivity contribution in [2.24, 2.45) is 5.92 Å². The number of halogens is 1. The fraction of sp³-hybridized carbons (Fsp3) is 0.240. The molecule has 3 heterocycles. The number of fused-ring (bicyclic) bond motifs is 1. The Kier molecular flexibility index (Phi) is 6.59. The van der Waals surface area contributed by atoms with Gasteiger partial charge in [0.25, 0.3) is 0 Å². The van der Waals surface area contributed by atoms with Gasteiger partial charge in [0.15, 0.2) is 5.13 Å². The van der Waals surface area contributed by atoms with Gasteiger partial charge in [0, 0.05) is 31.4 Å². The van der Waals surface area contributed by atoms with Gasteiger partial charge in [-0.2, -0.15) is 4.31 Å². The SMILES string of the molecule is O=C(C1CCN(S(=O)(=O)c2ccc(F)cc2)CC1)N(Cc1cccnc1)c1nc2ccccc2s1. The summed E-state index contributed by atoms with van der Waals surface area (Å²) in [6.45, 7) is 0.772. The van der Waals surface area contributed by atoms with Gasteiger partial charge in [0.05, 0.1) is 21.7 Å². The van der Waals surface area contributed by atoms with Gasteiger partial charge < -0.3 is 0 Å². The number of nitrogens with zero attached hydrogens (tertiary/aromatic N) is 4. The molecule has 0 atom stereocenters. The molecule has 0 unspecified atom stereocenters. The summed E-state index contributed by atoms with van der Waals surface area (Å²) in [6, 6.07) is 16.3. The zero-order valence-corrected chi connectivity index (χ0v) is 20.4. The number of thiazole rings is 1. The van der Waals surface area contributed by atoms with E-state index in [2.05, 4.69) is 4.98 Å². The lowest BCUT2D eigenvalue weighted by Crippen LogP contribution is -2.44. The summed E-state index contributed by atoms with van der Waals surface area (Å²) in [6.07, 6.45) is 4.21. The van der Waals surface area contributed by atoms with Crippen molar-refractivity contribution in [1.29, 1.82) is 0 Å². The van der Waals surface area contributed by atoms with Crippen LogP contribution in [0, 0.1) is 11.7 Å². The molecule has 2 aromatic heterocycles. The summed E-state index contributed by atoms with van der Waals surface area (Å²) in [5.41, 5.74) is 1.72. The predicted molar refractivity (Wildman–Crippen MR) is 133 cm³/mol. The van der Waals surface area contributed by atoms with E-state index in [-0.39, 0.29) is 29.8 Å². The number of carbonyl (C=O) groups is 1. The Morgan fingerprint density at radius 1 is 1.06 bits per heavy atom. The number of para-hydroxylation sites is 1. The maximum atomic E-state index is 13.7. The highest BCUT2D eigenvalue weighted by molar-refractivity contribution is 7.89. The maximum Gasteiger partial charge on any atom is 0.243 e. The molecule has 0 bridgehead atoms. The number of anilines is 1. The Morgan fingerprint density at radius 3 is 2.49 bits per heavy atom. The minimum atomic E-state index is -3.74. The molecule has 1 amide bonds. The van der Waals surface area contributed by atoms with Crippen LogP contribution in [0.3, 0.4) is 0 Å². The molecule has 0 N–H and O–H groups in total. The molecular formula is C25H23FN4O3S2. The van der Waals surface area contributed by atoms with Crippen molar-refractivity contribution in [2.75, 3.05) is 18.0 Å². The molecule has 0 saturated carbocycles. The smallest absolute Gasteiger partial charge is 0.243 e. The highest BCUT2D eigenvalue weighted by atomic mass is 32.2. The first-order valence-electron chi connectivity index (χ1n) is 11.2. The average Bonchev–Trinajstić information content (AvgIpc) is 3.32.